The lowest BCUT2D eigenvalue weighted by Crippen LogP contribution is -1.92. The third-order valence-corrected chi connectivity index (χ3v) is 3.13. The van der Waals surface area contributed by atoms with Gasteiger partial charge in [-0.3, -0.25) is 0 Å². The average Bonchev–Trinajstić information content (AvgIpc) is 2.52. The zero-order chi connectivity index (χ0) is 11.7. The average molecular weight is 238 g/mol. The minimum atomic E-state index is -0.380. The van der Waals surface area contributed by atoms with Gasteiger partial charge in [-0.15, -0.1) is 0 Å². The van der Waals surface area contributed by atoms with Crippen molar-refractivity contribution in [2.45, 2.75) is 13.8 Å². The fourth-order valence-corrected chi connectivity index (χ4v) is 1.95. The zero-order valence-corrected chi connectivity index (χ0v) is 9.77. The van der Waals surface area contributed by atoms with Crippen molar-refractivity contribution in [1.29, 1.82) is 0 Å². The maximum atomic E-state index is 13.0. The van der Waals surface area contributed by atoms with Crippen LogP contribution in [0.3, 0.4) is 0 Å². The Hall–Kier alpha value is -1.62. The van der Waals surface area contributed by atoms with E-state index in [9.17, 15) is 4.39 Å². The van der Waals surface area contributed by atoms with Crippen LogP contribution in [0.1, 0.15) is 10.6 Å². The van der Waals surface area contributed by atoms with Crippen LogP contribution in [-0.2, 0) is 0 Å². The molecule has 0 atom stereocenters. The van der Waals surface area contributed by atoms with Crippen molar-refractivity contribution >= 4 is 17.0 Å². The van der Waals surface area contributed by atoms with Crippen LogP contribution in [0.4, 0.5) is 10.1 Å². The number of aromatic nitrogens is 1. The summed E-state index contributed by atoms with van der Waals surface area (Å²) in [6.07, 6.45) is 0. The molecule has 0 aliphatic heterocycles. The Morgan fingerprint density at radius 1 is 1.38 bits per heavy atom. The van der Waals surface area contributed by atoms with E-state index in [1.807, 2.05) is 13.8 Å². The Labute approximate surface area is 96.7 Å². The molecular formula is C11H11FN2OS. The van der Waals surface area contributed by atoms with Crippen molar-refractivity contribution in [3.8, 4) is 10.9 Å². The van der Waals surface area contributed by atoms with Gasteiger partial charge in [0.1, 0.15) is 5.82 Å². The third-order valence-electron chi connectivity index (χ3n) is 2.18. The standard InChI is InChI=1S/C11H11FN2OS/c1-6-7(2)16-11(14-6)15-10-5-8(12)3-4-9(10)13/h3-5H,13H2,1-2H3. The van der Waals surface area contributed by atoms with Crippen molar-refractivity contribution < 1.29 is 9.13 Å². The number of ether oxygens (including phenoxy) is 1. The van der Waals surface area contributed by atoms with Crippen molar-refractivity contribution in [2.75, 3.05) is 5.73 Å². The van der Waals surface area contributed by atoms with Crippen molar-refractivity contribution in [3.63, 3.8) is 0 Å². The van der Waals surface area contributed by atoms with Crippen LogP contribution in [-0.4, -0.2) is 4.98 Å². The molecule has 0 aliphatic rings. The van der Waals surface area contributed by atoms with Crippen LogP contribution < -0.4 is 10.5 Å². The van der Waals surface area contributed by atoms with E-state index in [2.05, 4.69) is 4.98 Å². The summed E-state index contributed by atoms with van der Waals surface area (Å²) in [5.41, 5.74) is 6.97. The van der Waals surface area contributed by atoms with Gasteiger partial charge in [-0.25, -0.2) is 9.37 Å². The molecule has 0 fully saturated rings. The molecule has 0 unspecified atom stereocenters. The molecule has 0 amide bonds. The van der Waals surface area contributed by atoms with E-state index >= 15 is 0 Å². The number of hydrogen-bond acceptors (Lipinski definition) is 4. The normalized spacial score (nSPS) is 10.4. The highest BCUT2D eigenvalue weighted by atomic mass is 32.1. The van der Waals surface area contributed by atoms with Gasteiger partial charge in [0, 0.05) is 10.9 Å². The molecule has 84 valence electrons. The zero-order valence-electron chi connectivity index (χ0n) is 8.95. The molecule has 0 spiro atoms. The van der Waals surface area contributed by atoms with Crippen LogP contribution in [0.25, 0.3) is 0 Å². The van der Waals surface area contributed by atoms with Gasteiger partial charge in [0.15, 0.2) is 5.75 Å². The summed E-state index contributed by atoms with van der Waals surface area (Å²) < 4.78 is 18.4. The Bertz CT molecular complexity index is 505. The molecule has 0 saturated heterocycles. The van der Waals surface area contributed by atoms with Gasteiger partial charge in [0.05, 0.1) is 11.4 Å². The first kappa shape index (κ1) is 10.9. The highest BCUT2D eigenvalue weighted by Crippen LogP contribution is 2.31. The monoisotopic (exact) mass is 238 g/mol. The lowest BCUT2D eigenvalue weighted by molar-refractivity contribution is 0.474. The number of rotatable bonds is 2. The van der Waals surface area contributed by atoms with E-state index in [0.717, 1.165) is 10.6 Å². The molecule has 1 aromatic heterocycles. The fourth-order valence-electron chi connectivity index (χ4n) is 1.18. The number of aryl methyl sites for hydroxylation is 2. The number of nitrogens with zero attached hydrogens (tertiary/aromatic N) is 1. The van der Waals surface area contributed by atoms with Crippen LogP contribution in [0.5, 0.6) is 10.9 Å². The van der Waals surface area contributed by atoms with Gasteiger partial charge in [0.25, 0.3) is 5.19 Å². The summed E-state index contributed by atoms with van der Waals surface area (Å²) in [7, 11) is 0. The first-order valence-electron chi connectivity index (χ1n) is 4.73. The van der Waals surface area contributed by atoms with Crippen LogP contribution in [0.2, 0.25) is 0 Å². The van der Waals surface area contributed by atoms with E-state index in [-0.39, 0.29) is 5.82 Å². The Morgan fingerprint density at radius 2 is 2.12 bits per heavy atom. The number of nitrogens with two attached hydrogens (primary N) is 1. The molecule has 0 aliphatic carbocycles. The van der Waals surface area contributed by atoms with Gasteiger partial charge in [-0.2, -0.15) is 0 Å². The summed E-state index contributed by atoms with van der Waals surface area (Å²) >= 11 is 1.41. The fraction of sp³-hybridized carbons (Fsp3) is 0.182. The van der Waals surface area contributed by atoms with Crippen LogP contribution in [0.15, 0.2) is 18.2 Å². The SMILES string of the molecule is Cc1nc(Oc2cc(F)ccc2N)sc1C. The second-order valence-corrected chi connectivity index (χ2v) is 4.57. The molecule has 2 aromatic rings. The van der Waals surface area contributed by atoms with E-state index < -0.39 is 0 Å². The van der Waals surface area contributed by atoms with Crippen LogP contribution >= 0.6 is 11.3 Å². The Balaban J connectivity index is 2.29. The van der Waals surface area contributed by atoms with Crippen molar-refractivity contribution in [2.24, 2.45) is 0 Å². The first-order valence-corrected chi connectivity index (χ1v) is 5.55. The molecule has 0 radical (unpaired) electrons. The van der Waals surface area contributed by atoms with Gasteiger partial charge >= 0.3 is 0 Å². The number of thiazole rings is 1. The first-order chi connectivity index (χ1) is 7.56. The van der Waals surface area contributed by atoms with Gasteiger partial charge in [-0.05, 0) is 26.0 Å². The summed E-state index contributed by atoms with van der Waals surface area (Å²) in [6, 6.07) is 4.01. The number of anilines is 1. The molecule has 3 nitrogen and oxygen atoms in total. The number of hydrogen-bond donors (Lipinski definition) is 1. The maximum Gasteiger partial charge on any atom is 0.279 e. The second kappa shape index (κ2) is 4.09. The van der Waals surface area contributed by atoms with E-state index in [4.69, 9.17) is 10.5 Å². The molecule has 0 saturated carbocycles. The minimum absolute atomic E-state index is 0.300. The highest BCUT2D eigenvalue weighted by molar-refractivity contribution is 7.13. The van der Waals surface area contributed by atoms with Gasteiger partial charge in [0.2, 0.25) is 0 Å². The molecule has 1 heterocycles. The molecule has 5 heteroatoms. The minimum Gasteiger partial charge on any atom is -0.429 e. The number of nitrogen functional groups attached to an aromatic ring is 1. The summed E-state index contributed by atoms with van der Waals surface area (Å²) in [6.45, 7) is 3.85. The predicted octanol–water partition coefficient (Wildman–Crippen LogP) is 3.27. The van der Waals surface area contributed by atoms with E-state index in [1.54, 1.807) is 0 Å². The maximum absolute atomic E-state index is 13.0. The number of halogens is 1. The second-order valence-electron chi connectivity index (χ2n) is 3.41. The van der Waals surface area contributed by atoms with E-state index in [0.29, 0.717) is 16.6 Å². The molecule has 1 aromatic carbocycles. The number of benzene rings is 1. The smallest absolute Gasteiger partial charge is 0.279 e. The summed E-state index contributed by atoms with van der Waals surface area (Å²) in [5, 5.41) is 0.479. The quantitative estimate of drug-likeness (QED) is 0.817. The van der Waals surface area contributed by atoms with Crippen molar-refractivity contribution in [1.82, 2.24) is 4.98 Å². The molecular weight excluding hydrogens is 227 g/mol. The van der Waals surface area contributed by atoms with Gasteiger partial charge in [-0.1, -0.05) is 11.3 Å². The molecule has 2 N–H and O–H groups in total. The van der Waals surface area contributed by atoms with Gasteiger partial charge < -0.3 is 10.5 Å². The lowest BCUT2D eigenvalue weighted by atomic mass is 10.3. The third kappa shape index (κ3) is 2.14. The van der Waals surface area contributed by atoms with E-state index in [1.165, 1.54) is 29.5 Å². The summed E-state index contributed by atoms with van der Waals surface area (Å²) in [5.74, 6) is -0.0806. The Morgan fingerprint density at radius 3 is 2.75 bits per heavy atom. The predicted molar refractivity (Wildman–Crippen MR) is 62.5 cm³/mol. The molecule has 2 rings (SSSR count). The topological polar surface area (TPSA) is 48.1 Å². The highest BCUT2D eigenvalue weighted by Gasteiger charge is 2.08. The van der Waals surface area contributed by atoms with Crippen molar-refractivity contribution in [3.05, 3.63) is 34.6 Å². The lowest BCUT2D eigenvalue weighted by Gasteiger charge is -2.04. The Kier molecular flexibility index (Phi) is 2.78. The largest absolute Gasteiger partial charge is 0.429 e. The summed E-state index contributed by atoms with van der Waals surface area (Å²) in [4.78, 5) is 5.27. The molecule has 16 heavy (non-hydrogen) atoms. The van der Waals surface area contributed by atoms with Crippen LogP contribution in [0, 0.1) is 19.7 Å². The molecule has 0 bridgehead atoms.